The van der Waals surface area contributed by atoms with Gasteiger partial charge >= 0.3 is 0 Å². The summed E-state index contributed by atoms with van der Waals surface area (Å²) in [5.41, 5.74) is 5.34. The second-order valence-electron chi connectivity index (χ2n) is 6.29. The first-order valence-corrected chi connectivity index (χ1v) is 7.11. The summed E-state index contributed by atoms with van der Waals surface area (Å²) in [7, 11) is 0. The Kier molecular flexibility index (Phi) is 4.08. The molecule has 0 spiro atoms. The Balaban J connectivity index is 1.65. The van der Waals surface area contributed by atoms with E-state index in [1.165, 1.54) is 12.8 Å². The van der Waals surface area contributed by atoms with Crippen molar-refractivity contribution in [1.29, 1.82) is 0 Å². The van der Waals surface area contributed by atoms with Gasteiger partial charge < -0.3 is 11.1 Å². The lowest BCUT2D eigenvalue weighted by Crippen LogP contribution is -2.49. The molecular weight excluding hydrogens is 212 g/mol. The Morgan fingerprint density at radius 1 is 1.12 bits per heavy atom. The summed E-state index contributed by atoms with van der Waals surface area (Å²) < 4.78 is 0. The van der Waals surface area contributed by atoms with Crippen molar-refractivity contribution >= 4 is 5.91 Å². The molecule has 0 bridgehead atoms. The number of amides is 1. The monoisotopic (exact) mass is 238 g/mol. The molecule has 2 fully saturated rings. The standard InChI is InChI=1S/C14H26N2O/c1-9(2)11-7-13(8-11)16-12-5-3-10(4-6-12)14(15)17/h9-13,16H,3-8H2,1-2H3,(H2,15,17). The van der Waals surface area contributed by atoms with E-state index in [9.17, 15) is 4.79 Å². The third-order valence-electron chi connectivity index (χ3n) is 4.72. The molecule has 0 unspecified atom stereocenters. The molecule has 0 radical (unpaired) electrons. The number of primary amides is 1. The van der Waals surface area contributed by atoms with Crippen LogP contribution in [0.5, 0.6) is 0 Å². The normalized spacial score (nSPS) is 37.8. The van der Waals surface area contributed by atoms with Gasteiger partial charge in [0.1, 0.15) is 0 Å². The summed E-state index contributed by atoms with van der Waals surface area (Å²) in [6, 6.07) is 1.36. The van der Waals surface area contributed by atoms with E-state index in [0.717, 1.165) is 43.6 Å². The molecule has 3 N–H and O–H groups in total. The molecule has 1 amide bonds. The predicted octanol–water partition coefficient (Wildman–Crippen LogP) is 2.05. The Hall–Kier alpha value is -0.570. The topological polar surface area (TPSA) is 55.1 Å². The van der Waals surface area contributed by atoms with Gasteiger partial charge in [-0.05, 0) is 50.4 Å². The van der Waals surface area contributed by atoms with Gasteiger partial charge in [-0.3, -0.25) is 4.79 Å². The van der Waals surface area contributed by atoms with Crippen molar-refractivity contribution in [2.45, 2.75) is 64.5 Å². The minimum absolute atomic E-state index is 0.105. The van der Waals surface area contributed by atoms with Crippen LogP contribution in [0.15, 0.2) is 0 Å². The summed E-state index contributed by atoms with van der Waals surface area (Å²) in [6.45, 7) is 4.64. The Morgan fingerprint density at radius 3 is 2.18 bits per heavy atom. The van der Waals surface area contributed by atoms with E-state index in [1.54, 1.807) is 0 Å². The molecule has 2 saturated carbocycles. The van der Waals surface area contributed by atoms with E-state index in [-0.39, 0.29) is 11.8 Å². The van der Waals surface area contributed by atoms with Crippen molar-refractivity contribution in [2.75, 3.05) is 0 Å². The zero-order chi connectivity index (χ0) is 12.4. The van der Waals surface area contributed by atoms with E-state index >= 15 is 0 Å². The van der Waals surface area contributed by atoms with E-state index < -0.39 is 0 Å². The molecule has 2 aliphatic rings. The van der Waals surface area contributed by atoms with Crippen LogP contribution in [0.2, 0.25) is 0 Å². The highest BCUT2D eigenvalue weighted by atomic mass is 16.1. The van der Waals surface area contributed by atoms with E-state index in [4.69, 9.17) is 5.73 Å². The number of hydrogen-bond acceptors (Lipinski definition) is 2. The third kappa shape index (κ3) is 3.21. The molecular formula is C14H26N2O. The second kappa shape index (κ2) is 5.38. The minimum atomic E-state index is -0.105. The van der Waals surface area contributed by atoms with Gasteiger partial charge in [0.2, 0.25) is 5.91 Å². The first-order valence-electron chi connectivity index (χ1n) is 7.11. The Labute approximate surface area is 105 Å². The molecule has 0 aromatic rings. The van der Waals surface area contributed by atoms with Crippen molar-refractivity contribution in [2.24, 2.45) is 23.5 Å². The Bertz CT molecular complexity index is 263. The molecule has 98 valence electrons. The van der Waals surface area contributed by atoms with Crippen LogP contribution >= 0.6 is 0 Å². The number of carbonyl (C=O) groups excluding carboxylic acids is 1. The maximum atomic E-state index is 11.1. The number of carbonyl (C=O) groups is 1. The van der Waals surface area contributed by atoms with Crippen molar-refractivity contribution in [3.63, 3.8) is 0 Å². The number of rotatable bonds is 4. The number of nitrogens with one attached hydrogen (secondary N) is 1. The van der Waals surface area contributed by atoms with E-state index in [0.29, 0.717) is 6.04 Å². The van der Waals surface area contributed by atoms with Crippen LogP contribution in [0, 0.1) is 17.8 Å². The lowest BCUT2D eigenvalue weighted by Gasteiger charge is -2.42. The highest BCUT2D eigenvalue weighted by Gasteiger charge is 2.33. The lowest BCUT2D eigenvalue weighted by molar-refractivity contribution is -0.122. The highest BCUT2D eigenvalue weighted by molar-refractivity contribution is 5.76. The minimum Gasteiger partial charge on any atom is -0.369 e. The van der Waals surface area contributed by atoms with Gasteiger partial charge in [0.15, 0.2) is 0 Å². The average molecular weight is 238 g/mol. The van der Waals surface area contributed by atoms with Gasteiger partial charge in [0.05, 0.1) is 0 Å². The van der Waals surface area contributed by atoms with Crippen molar-refractivity contribution < 1.29 is 4.79 Å². The summed E-state index contributed by atoms with van der Waals surface area (Å²) in [5, 5.41) is 3.75. The van der Waals surface area contributed by atoms with Crippen molar-refractivity contribution in [1.82, 2.24) is 5.32 Å². The summed E-state index contributed by atoms with van der Waals surface area (Å²) in [4.78, 5) is 11.1. The predicted molar refractivity (Wildman–Crippen MR) is 69.4 cm³/mol. The molecule has 2 rings (SSSR count). The van der Waals surface area contributed by atoms with Crippen LogP contribution in [0.4, 0.5) is 0 Å². The van der Waals surface area contributed by atoms with Crippen LogP contribution in [0.25, 0.3) is 0 Å². The molecule has 3 heteroatoms. The van der Waals surface area contributed by atoms with Gasteiger partial charge in [-0.15, -0.1) is 0 Å². The van der Waals surface area contributed by atoms with Crippen LogP contribution < -0.4 is 11.1 Å². The molecule has 0 aliphatic heterocycles. The molecule has 3 nitrogen and oxygen atoms in total. The smallest absolute Gasteiger partial charge is 0.220 e. The highest BCUT2D eigenvalue weighted by Crippen LogP contribution is 2.35. The third-order valence-corrected chi connectivity index (χ3v) is 4.72. The van der Waals surface area contributed by atoms with Crippen molar-refractivity contribution in [3.8, 4) is 0 Å². The van der Waals surface area contributed by atoms with Gasteiger partial charge in [0, 0.05) is 18.0 Å². The van der Waals surface area contributed by atoms with E-state index in [2.05, 4.69) is 19.2 Å². The fourth-order valence-corrected chi connectivity index (χ4v) is 3.22. The van der Waals surface area contributed by atoms with Gasteiger partial charge in [-0.2, -0.15) is 0 Å². The summed E-state index contributed by atoms with van der Waals surface area (Å²) >= 11 is 0. The summed E-state index contributed by atoms with van der Waals surface area (Å²) in [5.74, 6) is 1.79. The van der Waals surface area contributed by atoms with Crippen LogP contribution in [-0.2, 0) is 4.79 Å². The quantitative estimate of drug-likeness (QED) is 0.787. The maximum Gasteiger partial charge on any atom is 0.220 e. The molecule has 17 heavy (non-hydrogen) atoms. The first kappa shape index (κ1) is 12.9. The molecule has 0 atom stereocenters. The molecule has 2 aliphatic carbocycles. The van der Waals surface area contributed by atoms with Crippen LogP contribution in [-0.4, -0.2) is 18.0 Å². The molecule has 0 heterocycles. The zero-order valence-electron chi connectivity index (χ0n) is 11.1. The maximum absolute atomic E-state index is 11.1. The van der Waals surface area contributed by atoms with Crippen molar-refractivity contribution in [3.05, 3.63) is 0 Å². The number of hydrogen-bond donors (Lipinski definition) is 2. The molecule has 0 aromatic heterocycles. The lowest BCUT2D eigenvalue weighted by atomic mass is 9.73. The molecule has 0 aromatic carbocycles. The fourth-order valence-electron chi connectivity index (χ4n) is 3.22. The fraction of sp³-hybridized carbons (Fsp3) is 0.929. The van der Waals surface area contributed by atoms with Crippen LogP contribution in [0.3, 0.4) is 0 Å². The van der Waals surface area contributed by atoms with Gasteiger partial charge in [-0.1, -0.05) is 13.8 Å². The number of nitrogens with two attached hydrogens (primary N) is 1. The first-order chi connectivity index (χ1) is 8.06. The SMILES string of the molecule is CC(C)C1CC(NC2CCC(C(N)=O)CC2)C1. The zero-order valence-corrected chi connectivity index (χ0v) is 11.1. The largest absolute Gasteiger partial charge is 0.369 e. The molecule has 0 saturated heterocycles. The summed E-state index contributed by atoms with van der Waals surface area (Å²) in [6.07, 6.45) is 6.88. The van der Waals surface area contributed by atoms with Crippen LogP contribution in [0.1, 0.15) is 52.4 Å². The Morgan fingerprint density at radius 2 is 1.71 bits per heavy atom. The van der Waals surface area contributed by atoms with Gasteiger partial charge in [-0.25, -0.2) is 0 Å². The second-order valence-corrected chi connectivity index (χ2v) is 6.29. The average Bonchev–Trinajstić information content (AvgIpc) is 2.23. The van der Waals surface area contributed by atoms with Gasteiger partial charge in [0.25, 0.3) is 0 Å². The van der Waals surface area contributed by atoms with E-state index in [1.807, 2.05) is 0 Å².